The van der Waals surface area contributed by atoms with Gasteiger partial charge in [-0.15, -0.1) is 0 Å². The van der Waals surface area contributed by atoms with Crippen LogP contribution in [0.25, 0.3) is 0 Å². The van der Waals surface area contributed by atoms with E-state index in [0.29, 0.717) is 0 Å². The van der Waals surface area contributed by atoms with E-state index >= 15 is 0 Å². The topological polar surface area (TPSA) is 0 Å². The average Bonchev–Trinajstić information content (AvgIpc) is 2.35. The summed E-state index contributed by atoms with van der Waals surface area (Å²) < 4.78 is 0. The van der Waals surface area contributed by atoms with Crippen molar-refractivity contribution < 1.29 is 0 Å². The summed E-state index contributed by atoms with van der Waals surface area (Å²) in [5.74, 6) is 5.39. The summed E-state index contributed by atoms with van der Waals surface area (Å²) in [6, 6.07) is 0. The summed E-state index contributed by atoms with van der Waals surface area (Å²) in [4.78, 5) is 0. The third-order valence-corrected chi connectivity index (χ3v) is 4.49. The van der Waals surface area contributed by atoms with Crippen LogP contribution in [-0.2, 0) is 0 Å². The Labute approximate surface area is 143 Å². The van der Waals surface area contributed by atoms with Gasteiger partial charge in [-0.25, -0.2) is 0 Å². The molecule has 0 heteroatoms. The maximum Gasteiger partial charge on any atom is -0.0438 e. The van der Waals surface area contributed by atoms with Crippen LogP contribution in [0.4, 0.5) is 0 Å². The minimum absolute atomic E-state index is 0.869. The van der Waals surface area contributed by atoms with Crippen molar-refractivity contribution >= 4 is 0 Å². The summed E-state index contributed by atoms with van der Waals surface area (Å²) in [5.41, 5.74) is 0. The molecule has 0 nitrogen and oxygen atoms in total. The molecule has 0 heterocycles. The molecule has 22 heavy (non-hydrogen) atoms. The van der Waals surface area contributed by atoms with Crippen molar-refractivity contribution in [2.24, 2.45) is 35.5 Å². The molecule has 3 atom stereocenters. The normalized spacial score (nSPS) is 15.7. The van der Waals surface area contributed by atoms with Crippen LogP contribution in [0.1, 0.15) is 108 Å². The Morgan fingerprint density at radius 3 is 1.27 bits per heavy atom. The van der Waals surface area contributed by atoms with Gasteiger partial charge in [-0.05, 0) is 54.8 Å². The summed E-state index contributed by atoms with van der Waals surface area (Å²) in [5, 5.41) is 0. The van der Waals surface area contributed by atoms with Gasteiger partial charge in [0.05, 0.1) is 0 Å². The second-order valence-electron chi connectivity index (χ2n) is 9.19. The van der Waals surface area contributed by atoms with Gasteiger partial charge in [-0.2, -0.15) is 0 Å². The average molecular weight is 313 g/mol. The van der Waals surface area contributed by atoms with E-state index in [1.54, 1.807) is 0 Å². The SMILES string of the molecule is CC(C)CCC(C)CC(C)C.CCC(C)CC(C)CC(C)C. The van der Waals surface area contributed by atoms with Crippen LogP contribution in [0.3, 0.4) is 0 Å². The van der Waals surface area contributed by atoms with Crippen LogP contribution in [0, 0.1) is 35.5 Å². The number of hydrogen-bond acceptors (Lipinski definition) is 0. The second-order valence-corrected chi connectivity index (χ2v) is 9.19. The first-order chi connectivity index (χ1) is 10.1. The van der Waals surface area contributed by atoms with Crippen LogP contribution in [0.2, 0.25) is 0 Å². The third kappa shape index (κ3) is 20.0. The Balaban J connectivity index is 0. The molecule has 0 aliphatic heterocycles. The van der Waals surface area contributed by atoms with E-state index in [-0.39, 0.29) is 0 Å². The Hall–Kier alpha value is 0. The van der Waals surface area contributed by atoms with E-state index in [4.69, 9.17) is 0 Å². The zero-order chi connectivity index (χ0) is 17.7. The molecule has 0 aliphatic carbocycles. The lowest BCUT2D eigenvalue weighted by Crippen LogP contribution is -2.05. The minimum Gasteiger partial charge on any atom is -0.0651 e. The lowest BCUT2D eigenvalue weighted by Gasteiger charge is -2.17. The molecule has 136 valence electrons. The lowest BCUT2D eigenvalue weighted by molar-refractivity contribution is 0.350. The summed E-state index contributed by atoms with van der Waals surface area (Å²) >= 11 is 0. The minimum atomic E-state index is 0.869. The smallest absolute Gasteiger partial charge is 0.0438 e. The van der Waals surface area contributed by atoms with E-state index in [1.807, 2.05) is 0 Å². The maximum atomic E-state index is 2.38. The Morgan fingerprint density at radius 1 is 0.455 bits per heavy atom. The molecule has 0 aromatic rings. The van der Waals surface area contributed by atoms with Crippen molar-refractivity contribution in [3.63, 3.8) is 0 Å². The highest BCUT2D eigenvalue weighted by Crippen LogP contribution is 2.21. The quantitative estimate of drug-likeness (QED) is 0.381. The third-order valence-electron chi connectivity index (χ3n) is 4.49. The molecule has 0 bridgehead atoms. The monoisotopic (exact) mass is 312 g/mol. The molecular formula is C22H48. The van der Waals surface area contributed by atoms with Gasteiger partial charge in [-0.1, -0.05) is 88.5 Å². The highest BCUT2D eigenvalue weighted by atomic mass is 14.1. The fraction of sp³-hybridized carbons (Fsp3) is 1.00. The van der Waals surface area contributed by atoms with Crippen molar-refractivity contribution in [1.82, 2.24) is 0 Å². The molecule has 0 aromatic heterocycles. The molecule has 0 fully saturated rings. The summed E-state index contributed by atoms with van der Waals surface area (Å²) in [6.45, 7) is 23.3. The molecule has 0 saturated heterocycles. The van der Waals surface area contributed by atoms with E-state index in [1.165, 1.54) is 38.5 Å². The van der Waals surface area contributed by atoms with Gasteiger partial charge < -0.3 is 0 Å². The first-order valence-corrected chi connectivity index (χ1v) is 10.1. The molecule has 0 aliphatic rings. The van der Waals surface area contributed by atoms with Crippen molar-refractivity contribution in [2.75, 3.05) is 0 Å². The van der Waals surface area contributed by atoms with Crippen LogP contribution >= 0.6 is 0 Å². The van der Waals surface area contributed by atoms with Crippen molar-refractivity contribution in [3.8, 4) is 0 Å². The predicted octanol–water partition coefficient (Wildman–Crippen LogP) is 8.21. The molecular weight excluding hydrogens is 264 g/mol. The highest BCUT2D eigenvalue weighted by molar-refractivity contribution is 4.60. The van der Waals surface area contributed by atoms with Gasteiger partial charge in [-0.3, -0.25) is 0 Å². The molecule has 0 rings (SSSR count). The molecule has 0 radical (unpaired) electrons. The number of hydrogen-bond donors (Lipinski definition) is 0. The van der Waals surface area contributed by atoms with Gasteiger partial charge in [0.2, 0.25) is 0 Å². The van der Waals surface area contributed by atoms with E-state index < -0.39 is 0 Å². The maximum absolute atomic E-state index is 2.38. The van der Waals surface area contributed by atoms with Crippen LogP contribution < -0.4 is 0 Å². The Morgan fingerprint density at radius 2 is 0.909 bits per heavy atom. The number of rotatable bonds is 10. The van der Waals surface area contributed by atoms with E-state index in [2.05, 4.69) is 69.2 Å². The standard InChI is InChI=1S/2C11H24/c1-9(2)6-7-11(5)8-10(3)4;1-6-10(4)8-11(5)7-9(2)3/h2*9-11H,6-8H2,1-5H3. The largest absolute Gasteiger partial charge is 0.0651 e. The molecule has 0 saturated carbocycles. The van der Waals surface area contributed by atoms with Gasteiger partial charge in [0.25, 0.3) is 0 Å². The van der Waals surface area contributed by atoms with Gasteiger partial charge >= 0.3 is 0 Å². The first-order valence-electron chi connectivity index (χ1n) is 10.1. The molecule has 0 spiro atoms. The fourth-order valence-corrected chi connectivity index (χ4v) is 3.29. The van der Waals surface area contributed by atoms with Crippen molar-refractivity contribution in [3.05, 3.63) is 0 Å². The van der Waals surface area contributed by atoms with E-state index in [9.17, 15) is 0 Å². The summed E-state index contributed by atoms with van der Waals surface area (Å²) in [7, 11) is 0. The molecule has 0 aromatic carbocycles. The first kappa shape index (κ1) is 24.3. The van der Waals surface area contributed by atoms with Crippen molar-refractivity contribution in [2.45, 2.75) is 108 Å². The highest BCUT2D eigenvalue weighted by Gasteiger charge is 2.08. The van der Waals surface area contributed by atoms with E-state index in [0.717, 1.165) is 35.5 Å². The molecule has 3 unspecified atom stereocenters. The fourth-order valence-electron chi connectivity index (χ4n) is 3.29. The zero-order valence-corrected chi connectivity index (χ0v) is 17.7. The molecule has 0 amide bonds. The summed E-state index contributed by atoms with van der Waals surface area (Å²) in [6.07, 6.45) is 8.35. The van der Waals surface area contributed by atoms with Crippen LogP contribution in [0.5, 0.6) is 0 Å². The van der Waals surface area contributed by atoms with Crippen LogP contribution in [0.15, 0.2) is 0 Å². The lowest BCUT2D eigenvalue weighted by atomic mass is 9.89. The van der Waals surface area contributed by atoms with Crippen LogP contribution in [-0.4, -0.2) is 0 Å². The van der Waals surface area contributed by atoms with Gasteiger partial charge in [0.15, 0.2) is 0 Å². The Kier molecular flexibility index (Phi) is 16.1. The predicted molar refractivity (Wildman–Crippen MR) is 105 cm³/mol. The van der Waals surface area contributed by atoms with Crippen molar-refractivity contribution in [1.29, 1.82) is 0 Å². The van der Waals surface area contributed by atoms with Gasteiger partial charge in [0, 0.05) is 0 Å². The molecule has 0 N–H and O–H groups in total. The second kappa shape index (κ2) is 14.6. The Bertz CT molecular complexity index is 214. The zero-order valence-electron chi connectivity index (χ0n) is 17.7. The van der Waals surface area contributed by atoms with Gasteiger partial charge in [0.1, 0.15) is 0 Å².